The zero-order chi connectivity index (χ0) is 22.6. The van der Waals surface area contributed by atoms with E-state index in [1.807, 2.05) is 12.3 Å². The molecule has 2 N–H and O–H groups in total. The second-order valence-electron chi connectivity index (χ2n) is 8.13. The first-order valence-corrected chi connectivity index (χ1v) is 13.3. The molecule has 0 aliphatic carbocycles. The first-order chi connectivity index (χ1) is 14.7. The Bertz CT molecular complexity index is 1040. The fraction of sp³-hybridized carbons (Fsp3) is 0.435. The van der Waals surface area contributed by atoms with Crippen LogP contribution in [0, 0.1) is 5.92 Å². The Labute approximate surface area is 189 Å². The minimum absolute atomic E-state index is 0.141. The van der Waals surface area contributed by atoms with Gasteiger partial charge in [-0.05, 0) is 55.9 Å². The normalized spacial score (nSPS) is 15.9. The average Bonchev–Trinajstić information content (AvgIpc) is 3.06. The molecule has 6 nitrogen and oxygen atoms in total. The van der Waals surface area contributed by atoms with Gasteiger partial charge >= 0.3 is 0 Å². The van der Waals surface area contributed by atoms with Crippen LogP contribution in [0.25, 0.3) is 0 Å². The quantitative estimate of drug-likeness (QED) is 0.434. The number of anilines is 2. The number of benzene rings is 2. The summed E-state index contributed by atoms with van der Waals surface area (Å²) in [6.07, 6.45) is 3.62. The van der Waals surface area contributed by atoms with E-state index in [2.05, 4.69) is 40.1 Å². The Morgan fingerprint density at radius 2 is 1.97 bits per heavy atom. The van der Waals surface area contributed by atoms with Gasteiger partial charge in [0, 0.05) is 35.6 Å². The SMILES string of the molecule is CSc1ccc(S(=O)(=O)NCCCN2c3ccccc3CC2C)cc1NC(=O)C(C)C. The number of nitrogens with zero attached hydrogens (tertiary/aromatic N) is 1. The number of sulfonamides is 1. The van der Waals surface area contributed by atoms with E-state index in [4.69, 9.17) is 0 Å². The number of fused-ring (bicyclic) bond motifs is 1. The van der Waals surface area contributed by atoms with Gasteiger partial charge in [-0.25, -0.2) is 13.1 Å². The van der Waals surface area contributed by atoms with E-state index in [0.29, 0.717) is 24.7 Å². The van der Waals surface area contributed by atoms with Gasteiger partial charge in [0.15, 0.2) is 0 Å². The molecule has 8 heteroatoms. The van der Waals surface area contributed by atoms with Gasteiger partial charge in [-0.15, -0.1) is 11.8 Å². The van der Waals surface area contributed by atoms with E-state index in [1.54, 1.807) is 26.0 Å². The number of carbonyl (C=O) groups excluding carboxylic acids is 1. The monoisotopic (exact) mass is 461 g/mol. The Hall–Kier alpha value is -2.03. The van der Waals surface area contributed by atoms with Gasteiger partial charge < -0.3 is 10.2 Å². The van der Waals surface area contributed by atoms with E-state index in [-0.39, 0.29) is 16.7 Å². The van der Waals surface area contributed by atoms with Crippen LogP contribution >= 0.6 is 11.8 Å². The molecule has 0 aromatic heterocycles. The summed E-state index contributed by atoms with van der Waals surface area (Å²) < 4.78 is 28.3. The summed E-state index contributed by atoms with van der Waals surface area (Å²) >= 11 is 1.46. The van der Waals surface area contributed by atoms with Crippen molar-refractivity contribution >= 4 is 39.1 Å². The van der Waals surface area contributed by atoms with Crippen LogP contribution in [0.15, 0.2) is 52.3 Å². The molecule has 0 saturated carbocycles. The lowest BCUT2D eigenvalue weighted by Crippen LogP contribution is -2.33. The highest BCUT2D eigenvalue weighted by molar-refractivity contribution is 7.98. The van der Waals surface area contributed by atoms with Crippen LogP contribution in [0.4, 0.5) is 11.4 Å². The number of hydrogen-bond acceptors (Lipinski definition) is 5. The van der Waals surface area contributed by atoms with Crippen LogP contribution in [0.3, 0.4) is 0 Å². The molecule has 0 fully saturated rings. The van der Waals surface area contributed by atoms with Gasteiger partial charge in [0.05, 0.1) is 10.6 Å². The van der Waals surface area contributed by atoms with Gasteiger partial charge in [0.1, 0.15) is 0 Å². The van der Waals surface area contributed by atoms with E-state index >= 15 is 0 Å². The second kappa shape index (κ2) is 10.1. The summed E-state index contributed by atoms with van der Waals surface area (Å²) in [6, 6.07) is 13.7. The maximum absolute atomic E-state index is 12.8. The van der Waals surface area contributed by atoms with Gasteiger partial charge in [-0.1, -0.05) is 32.0 Å². The van der Waals surface area contributed by atoms with Crippen LogP contribution in [0.2, 0.25) is 0 Å². The molecule has 1 atom stereocenters. The Morgan fingerprint density at radius 1 is 1.23 bits per heavy atom. The second-order valence-corrected chi connectivity index (χ2v) is 10.7. The molecule has 0 saturated heterocycles. The molecule has 2 aromatic carbocycles. The van der Waals surface area contributed by atoms with Gasteiger partial charge in [0.25, 0.3) is 0 Å². The first kappa shape index (κ1) is 23.6. The predicted octanol–water partition coefficient (Wildman–Crippen LogP) is 4.12. The number of hydrogen-bond donors (Lipinski definition) is 2. The third-order valence-corrected chi connectivity index (χ3v) is 7.73. The lowest BCUT2D eigenvalue weighted by atomic mass is 10.1. The van der Waals surface area contributed by atoms with Crippen molar-refractivity contribution in [2.24, 2.45) is 5.92 Å². The lowest BCUT2D eigenvalue weighted by molar-refractivity contribution is -0.118. The molecule has 1 aliphatic heterocycles. The topological polar surface area (TPSA) is 78.5 Å². The van der Waals surface area contributed by atoms with Crippen molar-refractivity contribution in [2.75, 3.05) is 29.6 Å². The maximum Gasteiger partial charge on any atom is 0.240 e. The predicted molar refractivity (Wildman–Crippen MR) is 128 cm³/mol. The molecule has 168 valence electrons. The van der Waals surface area contributed by atoms with E-state index in [1.165, 1.54) is 29.1 Å². The molecule has 0 radical (unpaired) electrons. The fourth-order valence-corrected chi connectivity index (χ4v) is 5.37. The van der Waals surface area contributed by atoms with Crippen molar-refractivity contribution in [3.63, 3.8) is 0 Å². The molecule has 1 aliphatic rings. The lowest BCUT2D eigenvalue weighted by Gasteiger charge is -2.25. The van der Waals surface area contributed by atoms with Gasteiger partial charge in [0.2, 0.25) is 15.9 Å². The van der Waals surface area contributed by atoms with Gasteiger partial charge in [-0.3, -0.25) is 4.79 Å². The third-order valence-electron chi connectivity index (χ3n) is 5.48. The number of nitrogens with one attached hydrogen (secondary N) is 2. The molecule has 1 amide bonds. The van der Waals surface area contributed by atoms with Crippen molar-refractivity contribution in [2.45, 2.75) is 49.4 Å². The van der Waals surface area contributed by atoms with Crippen molar-refractivity contribution in [3.05, 3.63) is 48.0 Å². The Morgan fingerprint density at radius 3 is 2.68 bits per heavy atom. The molecule has 0 bridgehead atoms. The van der Waals surface area contributed by atoms with Crippen LogP contribution in [0.1, 0.15) is 32.8 Å². The number of amides is 1. The van der Waals surface area contributed by atoms with Crippen LogP contribution in [0.5, 0.6) is 0 Å². The number of thioether (sulfide) groups is 1. The summed E-state index contributed by atoms with van der Waals surface area (Å²) in [5.41, 5.74) is 3.12. The molecule has 31 heavy (non-hydrogen) atoms. The molecule has 0 spiro atoms. The van der Waals surface area contributed by atoms with Crippen LogP contribution in [-0.2, 0) is 21.2 Å². The van der Waals surface area contributed by atoms with E-state index < -0.39 is 10.0 Å². The molecular formula is C23H31N3O3S2. The summed E-state index contributed by atoms with van der Waals surface area (Å²) in [5.74, 6) is -0.330. The number of rotatable bonds is 9. The number of para-hydroxylation sites is 1. The molecule has 1 unspecified atom stereocenters. The zero-order valence-corrected chi connectivity index (χ0v) is 20.1. The highest BCUT2D eigenvalue weighted by Crippen LogP contribution is 2.32. The van der Waals surface area contributed by atoms with Crippen molar-refractivity contribution in [1.29, 1.82) is 0 Å². The highest BCUT2D eigenvalue weighted by Gasteiger charge is 2.25. The Kier molecular flexibility index (Phi) is 7.67. The Balaban J connectivity index is 1.62. The smallest absolute Gasteiger partial charge is 0.240 e. The van der Waals surface area contributed by atoms with Gasteiger partial charge in [-0.2, -0.15) is 0 Å². The zero-order valence-electron chi connectivity index (χ0n) is 18.5. The maximum atomic E-state index is 12.8. The molecule has 2 aromatic rings. The highest BCUT2D eigenvalue weighted by atomic mass is 32.2. The average molecular weight is 462 g/mol. The number of carbonyl (C=O) groups is 1. The minimum atomic E-state index is -3.66. The first-order valence-electron chi connectivity index (χ1n) is 10.6. The minimum Gasteiger partial charge on any atom is -0.368 e. The summed E-state index contributed by atoms with van der Waals surface area (Å²) in [6.45, 7) is 6.95. The van der Waals surface area contributed by atoms with Crippen molar-refractivity contribution in [3.8, 4) is 0 Å². The standard InChI is InChI=1S/C23H31N3O3S2/c1-16(2)23(27)25-20-15-19(10-11-22(20)30-4)31(28,29)24-12-7-13-26-17(3)14-18-8-5-6-9-21(18)26/h5-6,8-11,15-17,24H,7,12-14H2,1-4H3,(H,25,27). The van der Waals surface area contributed by atoms with Crippen LogP contribution in [-0.4, -0.2) is 39.7 Å². The van der Waals surface area contributed by atoms with Crippen molar-refractivity contribution < 1.29 is 13.2 Å². The third kappa shape index (κ3) is 5.61. The molecule has 3 rings (SSSR count). The summed E-state index contributed by atoms with van der Waals surface area (Å²) in [4.78, 5) is 15.4. The van der Waals surface area contributed by atoms with Crippen LogP contribution < -0.4 is 14.9 Å². The molecule has 1 heterocycles. The molecular weight excluding hydrogens is 430 g/mol. The van der Waals surface area contributed by atoms with E-state index in [9.17, 15) is 13.2 Å². The van der Waals surface area contributed by atoms with Crippen molar-refractivity contribution in [1.82, 2.24) is 4.72 Å². The fourth-order valence-electron chi connectivity index (χ4n) is 3.74. The summed E-state index contributed by atoms with van der Waals surface area (Å²) in [7, 11) is -3.66. The summed E-state index contributed by atoms with van der Waals surface area (Å²) in [5, 5.41) is 2.83. The largest absolute Gasteiger partial charge is 0.368 e. The van der Waals surface area contributed by atoms with E-state index in [0.717, 1.165) is 17.9 Å².